The molecule has 0 aromatic rings. The Balaban J connectivity index is 3.01. The summed E-state index contributed by atoms with van der Waals surface area (Å²) in [6, 6.07) is 0. The van der Waals surface area contributed by atoms with Crippen molar-refractivity contribution in [1.29, 1.82) is 0 Å². The van der Waals surface area contributed by atoms with E-state index in [1.165, 1.54) is 0 Å². The maximum Gasteiger partial charge on any atom is 0.341 e. The van der Waals surface area contributed by atoms with E-state index >= 15 is 0 Å². The van der Waals surface area contributed by atoms with Gasteiger partial charge in [-0.05, 0) is 0 Å². The van der Waals surface area contributed by atoms with E-state index in [9.17, 15) is 9.59 Å². The Kier molecular flexibility index (Phi) is 3.30. The lowest BCUT2D eigenvalue weighted by atomic mass is 9.98. The van der Waals surface area contributed by atoms with Crippen molar-refractivity contribution in [1.82, 2.24) is 4.58 Å². The molecule has 0 N–H and O–H groups in total. The second-order valence-corrected chi connectivity index (χ2v) is 2.98. The zero-order valence-corrected chi connectivity index (χ0v) is 8.54. The summed E-state index contributed by atoms with van der Waals surface area (Å²) in [7, 11) is 2.33. The normalized spacial score (nSPS) is 20.5. The van der Waals surface area contributed by atoms with Crippen LogP contribution in [0.2, 0.25) is 0 Å². The predicted molar refractivity (Wildman–Crippen MR) is 45.0 cm³/mol. The monoisotopic (exact) mass is 223 g/mol. The minimum atomic E-state index is -1.68. The zero-order chi connectivity index (χ0) is 10.8. The summed E-state index contributed by atoms with van der Waals surface area (Å²) in [6.07, 6.45) is 0.107. The summed E-state index contributed by atoms with van der Waals surface area (Å²) >= 11 is 5.59. The molecule has 0 amide bonds. The molecule has 1 saturated heterocycles. The average Bonchev–Trinajstić information content (AvgIpc) is 2.59. The van der Waals surface area contributed by atoms with Crippen LogP contribution in [0.15, 0.2) is 0 Å². The molecule has 14 heavy (non-hydrogen) atoms. The Morgan fingerprint density at radius 3 is 2.14 bits per heavy atom. The summed E-state index contributed by atoms with van der Waals surface area (Å²) in [5, 5.41) is 0. The van der Waals surface area contributed by atoms with Gasteiger partial charge in [-0.25, -0.2) is 9.59 Å². The van der Waals surface area contributed by atoms with Crippen LogP contribution in [0.1, 0.15) is 6.42 Å². The van der Waals surface area contributed by atoms with Crippen molar-refractivity contribution in [2.75, 3.05) is 20.8 Å². The first-order valence-electron chi connectivity index (χ1n) is 3.85. The summed E-state index contributed by atoms with van der Waals surface area (Å²) in [5.74, 6) is -1.59. The van der Waals surface area contributed by atoms with Crippen LogP contribution in [-0.2, 0) is 23.9 Å². The van der Waals surface area contributed by atoms with Crippen molar-refractivity contribution in [2.24, 2.45) is 0 Å². The second-order valence-electron chi connectivity index (χ2n) is 2.67. The molecular formula is C7H10ClNO5. The molecule has 6 nitrogen and oxygen atoms in total. The highest BCUT2D eigenvalue weighted by molar-refractivity contribution is 6.19. The number of carbonyl (C=O) groups excluding carboxylic acids is 2. The van der Waals surface area contributed by atoms with Crippen molar-refractivity contribution in [3.63, 3.8) is 0 Å². The van der Waals surface area contributed by atoms with Crippen molar-refractivity contribution < 1.29 is 23.9 Å². The summed E-state index contributed by atoms with van der Waals surface area (Å²) in [5.41, 5.74) is -1.68. The molecule has 1 aliphatic heterocycles. The van der Waals surface area contributed by atoms with Crippen LogP contribution in [0, 0.1) is 0 Å². The molecular weight excluding hydrogens is 214 g/mol. The van der Waals surface area contributed by atoms with E-state index in [4.69, 9.17) is 16.6 Å². The van der Waals surface area contributed by atoms with Crippen molar-refractivity contribution in [3.8, 4) is 0 Å². The maximum absolute atomic E-state index is 11.4. The molecule has 0 unspecified atom stereocenters. The largest absolute Gasteiger partial charge is 0.467 e. The Bertz CT molecular complexity index is 240. The number of carbonyl (C=O) groups is 2. The Hall–Kier alpha value is -0.850. The lowest BCUT2D eigenvalue weighted by Crippen LogP contribution is -2.53. The van der Waals surface area contributed by atoms with Gasteiger partial charge in [-0.2, -0.15) is 0 Å². The molecule has 0 spiro atoms. The van der Waals surface area contributed by atoms with Crippen LogP contribution in [0.4, 0.5) is 0 Å². The summed E-state index contributed by atoms with van der Waals surface area (Å²) in [4.78, 5) is 27.6. The van der Waals surface area contributed by atoms with Gasteiger partial charge in [0.15, 0.2) is 0 Å². The fraction of sp³-hybridized carbons (Fsp3) is 0.714. The average molecular weight is 224 g/mol. The number of hydrogen-bond donors (Lipinski definition) is 0. The molecule has 1 aliphatic rings. The molecule has 0 bridgehead atoms. The maximum atomic E-state index is 11.4. The van der Waals surface area contributed by atoms with Gasteiger partial charge in [0.1, 0.15) is 0 Å². The van der Waals surface area contributed by atoms with Gasteiger partial charge in [0.25, 0.3) is 5.54 Å². The van der Waals surface area contributed by atoms with E-state index < -0.39 is 17.5 Å². The van der Waals surface area contributed by atoms with Crippen LogP contribution < -0.4 is 0 Å². The number of ether oxygens (including phenoxy) is 2. The lowest BCUT2D eigenvalue weighted by molar-refractivity contribution is -0.180. The van der Waals surface area contributed by atoms with Crippen LogP contribution in [-0.4, -0.2) is 42.9 Å². The van der Waals surface area contributed by atoms with E-state index in [0.717, 1.165) is 14.2 Å². The van der Waals surface area contributed by atoms with Gasteiger partial charge in [0.2, 0.25) is 0 Å². The molecule has 80 valence electrons. The van der Waals surface area contributed by atoms with E-state index in [-0.39, 0.29) is 13.0 Å². The van der Waals surface area contributed by atoms with E-state index in [0.29, 0.717) is 4.58 Å². The first-order valence-corrected chi connectivity index (χ1v) is 4.19. The fourth-order valence-corrected chi connectivity index (χ4v) is 1.53. The van der Waals surface area contributed by atoms with E-state index in [1.807, 2.05) is 0 Å². The number of nitrogens with zero attached hydrogens (tertiary/aromatic N) is 1. The van der Waals surface area contributed by atoms with Crippen LogP contribution in [0.5, 0.6) is 0 Å². The number of rotatable bonds is 2. The smallest absolute Gasteiger partial charge is 0.341 e. The third-order valence-corrected chi connectivity index (χ3v) is 2.40. The van der Waals surface area contributed by atoms with E-state index in [1.54, 1.807) is 0 Å². The number of halogens is 1. The van der Waals surface area contributed by atoms with Gasteiger partial charge < -0.3 is 9.47 Å². The van der Waals surface area contributed by atoms with Gasteiger partial charge >= 0.3 is 11.9 Å². The van der Waals surface area contributed by atoms with Gasteiger partial charge in [-0.3, -0.25) is 4.84 Å². The van der Waals surface area contributed by atoms with Gasteiger partial charge in [0.05, 0.1) is 20.8 Å². The molecule has 1 fully saturated rings. The zero-order valence-electron chi connectivity index (χ0n) is 7.78. The van der Waals surface area contributed by atoms with Gasteiger partial charge in [0, 0.05) is 18.2 Å². The minimum absolute atomic E-state index is 0.107. The molecule has 0 atom stereocenters. The molecule has 0 saturated carbocycles. The standard InChI is InChI=1S/C7H10ClNO5/c1-12-5(10)7(6(11)13-2)3-4-14-9(7)8/h3-4H2,1-2H3. The highest BCUT2D eigenvalue weighted by atomic mass is 35.5. The second kappa shape index (κ2) is 4.12. The van der Waals surface area contributed by atoms with E-state index in [2.05, 4.69) is 9.47 Å². The highest BCUT2D eigenvalue weighted by Gasteiger charge is 2.58. The quantitative estimate of drug-likeness (QED) is 0.369. The summed E-state index contributed by atoms with van der Waals surface area (Å²) < 4.78 is 9.63. The van der Waals surface area contributed by atoms with Crippen LogP contribution in [0.3, 0.4) is 0 Å². The molecule has 1 rings (SSSR count). The van der Waals surface area contributed by atoms with Crippen LogP contribution >= 0.6 is 11.8 Å². The molecule has 0 aliphatic carbocycles. The Morgan fingerprint density at radius 1 is 1.36 bits per heavy atom. The summed E-state index contributed by atoms with van der Waals surface area (Å²) in [6.45, 7) is 0.160. The highest BCUT2D eigenvalue weighted by Crippen LogP contribution is 2.31. The van der Waals surface area contributed by atoms with Crippen LogP contribution in [0.25, 0.3) is 0 Å². The third kappa shape index (κ3) is 1.45. The lowest BCUT2D eigenvalue weighted by Gasteiger charge is -2.25. The number of methoxy groups -OCH3 is 2. The van der Waals surface area contributed by atoms with Gasteiger partial charge in [-0.1, -0.05) is 4.58 Å². The molecule has 0 aromatic carbocycles. The number of esters is 2. The van der Waals surface area contributed by atoms with Gasteiger partial charge in [-0.15, -0.1) is 0 Å². The molecule has 1 heterocycles. The first kappa shape index (κ1) is 11.2. The van der Waals surface area contributed by atoms with Crippen molar-refractivity contribution in [3.05, 3.63) is 0 Å². The number of hydroxylamine groups is 1. The number of hydrogen-bond acceptors (Lipinski definition) is 6. The Labute approximate surface area is 85.7 Å². The minimum Gasteiger partial charge on any atom is -0.467 e. The SMILES string of the molecule is COC(=O)C1(C(=O)OC)CCON1Cl. The topological polar surface area (TPSA) is 65.1 Å². The first-order chi connectivity index (χ1) is 6.59. The predicted octanol–water partition coefficient (Wildman–Crippen LogP) is -0.138. The Morgan fingerprint density at radius 2 is 1.86 bits per heavy atom. The third-order valence-electron chi connectivity index (χ3n) is 2.01. The molecule has 7 heteroatoms. The van der Waals surface area contributed by atoms with Crippen molar-refractivity contribution >= 4 is 23.7 Å². The van der Waals surface area contributed by atoms with Crippen molar-refractivity contribution in [2.45, 2.75) is 12.0 Å². The fourth-order valence-electron chi connectivity index (χ4n) is 1.24. The molecule has 0 radical (unpaired) electrons. The molecule has 0 aromatic heterocycles.